The summed E-state index contributed by atoms with van der Waals surface area (Å²) in [5.74, 6) is -0.731. The third kappa shape index (κ3) is 3.78. The molecule has 8 nitrogen and oxygen atoms in total. The number of hydrazone groups is 1. The van der Waals surface area contributed by atoms with Gasteiger partial charge in [-0.3, -0.25) is 14.4 Å². The lowest BCUT2D eigenvalue weighted by Crippen LogP contribution is -2.57. The van der Waals surface area contributed by atoms with Crippen LogP contribution in [0.25, 0.3) is 0 Å². The first-order valence-corrected chi connectivity index (χ1v) is 7.15. The first kappa shape index (κ1) is 15.4. The molecule has 1 fully saturated rings. The van der Waals surface area contributed by atoms with E-state index in [1.165, 1.54) is 4.90 Å². The van der Waals surface area contributed by atoms with Gasteiger partial charge in [0.1, 0.15) is 11.8 Å². The number of rotatable bonds is 4. The van der Waals surface area contributed by atoms with Crippen LogP contribution in [0.3, 0.4) is 0 Å². The maximum atomic E-state index is 12.5. The molecule has 2 heterocycles. The van der Waals surface area contributed by atoms with Crippen LogP contribution in [0.5, 0.6) is 0 Å². The molecular weight excluding hydrogens is 276 g/mol. The van der Waals surface area contributed by atoms with Gasteiger partial charge in [-0.25, -0.2) is 5.43 Å². The molecule has 0 aromatic heterocycles. The first-order chi connectivity index (χ1) is 10.1. The second kappa shape index (κ2) is 7.16. The zero-order valence-electron chi connectivity index (χ0n) is 12.1. The third-order valence-electron chi connectivity index (χ3n) is 3.39. The molecule has 2 aliphatic heterocycles. The first-order valence-electron chi connectivity index (χ1n) is 7.15. The normalized spacial score (nSPS) is 22.3. The van der Waals surface area contributed by atoms with Crippen molar-refractivity contribution in [3.05, 3.63) is 0 Å². The minimum atomic E-state index is -0.641. The quantitative estimate of drug-likeness (QED) is 0.695. The van der Waals surface area contributed by atoms with Crippen LogP contribution in [0.15, 0.2) is 5.10 Å². The average Bonchev–Trinajstić information content (AvgIpc) is 2.52. The maximum absolute atomic E-state index is 12.5. The Balaban J connectivity index is 2.05. The summed E-state index contributed by atoms with van der Waals surface area (Å²) in [6, 6.07) is -0.641. The fraction of sp³-hybridized carbons (Fsp3) is 0.692. The van der Waals surface area contributed by atoms with Crippen LogP contribution in [0, 0.1) is 0 Å². The van der Waals surface area contributed by atoms with E-state index in [-0.39, 0.29) is 36.5 Å². The molecule has 116 valence electrons. The standard InChI is InChI=1S/C13H20N4O4/c1-2-5-14-12(19)10-8-21-7-6-17(10)13(20)9-3-4-11(18)16-15-9/h10H,2-8H2,1H3,(H,14,19)(H,16,18). The van der Waals surface area contributed by atoms with Gasteiger partial charge in [0.2, 0.25) is 11.8 Å². The van der Waals surface area contributed by atoms with E-state index in [1.54, 1.807) is 0 Å². The zero-order chi connectivity index (χ0) is 15.2. The number of ether oxygens (including phenoxy) is 1. The van der Waals surface area contributed by atoms with Gasteiger partial charge in [-0.1, -0.05) is 6.92 Å². The van der Waals surface area contributed by atoms with Gasteiger partial charge in [0, 0.05) is 25.9 Å². The molecule has 1 atom stereocenters. The Morgan fingerprint density at radius 3 is 2.95 bits per heavy atom. The number of nitrogens with one attached hydrogen (secondary N) is 2. The number of hydrogen-bond acceptors (Lipinski definition) is 5. The number of amides is 3. The lowest BCUT2D eigenvalue weighted by atomic mass is 10.1. The van der Waals surface area contributed by atoms with Crippen LogP contribution in [0.2, 0.25) is 0 Å². The maximum Gasteiger partial charge on any atom is 0.270 e. The highest BCUT2D eigenvalue weighted by Gasteiger charge is 2.35. The van der Waals surface area contributed by atoms with Crippen molar-refractivity contribution in [3.8, 4) is 0 Å². The molecule has 2 rings (SSSR count). The van der Waals surface area contributed by atoms with E-state index >= 15 is 0 Å². The Morgan fingerprint density at radius 1 is 1.48 bits per heavy atom. The monoisotopic (exact) mass is 296 g/mol. The highest BCUT2D eigenvalue weighted by atomic mass is 16.5. The van der Waals surface area contributed by atoms with E-state index in [9.17, 15) is 14.4 Å². The summed E-state index contributed by atoms with van der Waals surface area (Å²) in [7, 11) is 0. The molecular formula is C13H20N4O4. The SMILES string of the molecule is CCCNC(=O)C1COCCN1C(=O)C1=NNC(=O)CC1. The number of carbonyl (C=O) groups excluding carboxylic acids is 3. The Kier molecular flexibility index (Phi) is 5.26. The fourth-order valence-electron chi connectivity index (χ4n) is 2.22. The van der Waals surface area contributed by atoms with E-state index in [4.69, 9.17) is 4.74 Å². The summed E-state index contributed by atoms with van der Waals surface area (Å²) in [6.07, 6.45) is 1.36. The van der Waals surface area contributed by atoms with E-state index in [2.05, 4.69) is 15.8 Å². The molecule has 0 aromatic rings. The highest BCUT2D eigenvalue weighted by molar-refractivity contribution is 6.39. The lowest BCUT2D eigenvalue weighted by molar-refractivity contribution is -0.144. The molecule has 0 aliphatic carbocycles. The molecule has 0 aromatic carbocycles. The van der Waals surface area contributed by atoms with Gasteiger partial charge in [-0.05, 0) is 6.42 Å². The molecule has 0 radical (unpaired) electrons. The summed E-state index contributed by atoms with van der Waals surface area (Å²) in [5, 5.41) is 6.57. The van der Waals surface area contributed by atoms with Gasteiger partial charge in [0.05, 0.1) is 13.2 Å². The average molecular weight is 296 g/mol. The van der Waals surface area contributed by atoms with Crippen molar-refractivity contribution in [1.82, 2.24) is 15.6 Å². The van der Waals surface area contributed by atoms with Gasteiger partial charge in [-0.2, -0.15) is 5.10 Å². The Hall–Kier alpha value is -1.96. The molecule has 2 N–H and O–H groups in total. The predicted octanol–water partition coefficient (Wildman–Crippen LogP) is -0.994. The number of hydrogen-bond donors (Lipinski definition) is 2. The van der Waals surface area contributed by atoms with Gasteiger partial charge in [-0.15, -0.1) is 0 Å². The fourth-order valence-corrected chi connectivity index (χ4v) is 2.22. The van der Waals surface area contributed by atoms with E-state index < -0.39 is 6.04 Å². The van der Waals surface area contributed by atoms with Crippen molar-refractivity contribution < 1.29 is 19.1 Å². The van der Waals surface area contributed by atoms with E-state index in [1.807, 2.05) is 6.92 Å². The van der Waals surface area contributed by atoms with Crippen molar-refractivity contribution >= 4 is 23.4 Å². The number of nitrogens with zero attached hydrogens (tertiary/aromatic N) is 2. The minimum absolute atomic E-state index is 0.181. The highest BCUT2D eigenvalue weighted by Crippen LogP contribution is 2.11. The van der Waals surface area contributed by atoms with Gasteiger partial charge in [0.25, 0.3) is 5.91 Å². The zero-order valence-corrected chi connectivity index (χ0v) is 12.1. The van der Waals surface area contributed by atoms with Gasteiger partial charge >= 0.3 is 0 Å². The van der Waals surface area contributed by atoms with Crippen LogP contribution in [-0.4, -0.2) is 60.7 Å². The van der Waals surface area contributed by atoms with Crippen molar-refractivity contribution in [2.45, 2.75) is 32.2 Å². The molecule has 3 amide bonds. The van der Waals surface area contributed by atoms with Crippen molar-refractivity contribution in [2.75, 3.05) is 26.3 Å². The minimum Gasteiger partial charge on any atom is -0.377 e. The summed E-state index contributed by atoms with van der Waals surface area (Å²) in [6.45, 7) is 3.44. The second-order valence-corrected chi connectivity index (χ2v) is 4.97. The molecule has 0 bridgehead atoms. The van der Waals surface area contributed by atoms with Crippen molar-refractivity contribution in [3.63, 3.8) is 0 Å². The van der Waals surface area contributed by atoms with Crippen LogP contribution in [0.1, 0.15) is 26.2 Å². The molecule has 0 spiro atoms. The topological polar surface area (TPSA) is 100 Å². The summed E-state index contributed by atoms with van der Waals surface area (Å²) in [5.41, 5.74) is 2.58. The van der Waals surface area contributed by atoms with Crippen molar-refractivity contribution in [1.29, 1.82) is 0 Å². The molecule has 2 aliphatic rings. The molecule has 21 heavy (non-hydrogen) atoms. The Labute approximate surface area is 122 Å². The molecule has 8 heteroatoms. The smallest absolute Gasteiger partial charge is 0.270 e. The molecule has 0 saturated carbocycles. The predicted molar refractivity (Wildman–Crippen MR) is 74.4 cm³/mol. The van der Waals surface area contributed by atoms with Crippen LogP contribution in [-0.2, 0) is 19.1 Å². The van der Waals surface area contributed by atoms with E-state index in [0.717, 1.165) is 6.42 Å². The largest absolute Gasteiger partial charge is 0.377 e. The van der Waals surface area contributed by atoms with Crippen LogP contribution >= 0.6 is 0 Å². The van der Waals surface area contributed by atoms with Crippen LogP contribution in [0.4, 0.5) is 0 Å². The molecule has 1 saturated heterocycles. The number of carbonyl (C=O) groups is 3. The van der Waals surface area contributed by atoms with Crippen molar-refractivity contribution in [2.24, 2.45) is 5.10 Å². The van der Waals surface area contributed by atoms with Crippen LogP contribution < -0.4 is 10.7 Å². The summed E-state index contributed by atoms with van der Waals surface area (Å²) >= 11 is 0. The summed E-state index contributed by atoms with van der Waals surface area (Å²) < 4.78 is 5.30. The number of morpholine rings is 1. The van der Waals surface area contributed by atoms with Gasteiger partial charge < -0.3 is 15.0 Å². The Morgan fingerprint density at radius 2 is 2.29 bits per heavy atom. The Bertz CT molecular complexity index is 463. The van der Waals surface area contributed by atoms with E-state index in [0.29, 0.717) is 26.1 Å². The third-order valence-corrected chi connectivity index (χ3v) is 3.39. The van der Waals surface area contributed by atoms with Gasteiger partial charge in [0.15, 0.2) is 0 Å². The lowest BCUT2D eigenvalue weighted by Gasteiger charge is -2.35. The molecule has 1 unspecified atom stereocenters. The summed E-state index contributed by atoms with van der Waals surface area (Å²) in [4.78, 5) is 37.1. The second-order valence-electron chi connectivity index (χ2n) is 4.97.